The molecule has 1 heterocycles. The average molecular weight is 228 g/mol. The number of para-hydroxylation sites is 1. The molecular formula is C14H12O3. The van der Waals surface area contributed by atoms with Crippen molar-refractivity contribution in [3.05, 3.63) is 59.0 Å². The van der Waals surface area contributed by atoms with E-state index in [4.69, 9.17) is 4.42 Å². The largest absolute Gasteiger partial charge is 0.422 e. The first kappa shape index (κ1) is 11.3. The molecule has 2 rings (SSSR count). The number of Topliss-reactive ketones (excluding diaryl/α,β-unsaturated/α-hetero) is 1. The summed E-state index contributed by atoms with van der Waals surface area (Å²) in [4.78, 5) is 23.4. The van der Waals surface area contributed by atoms with Crippen LogP contribution in [0, 0.1) is 0 Å². The molecule has 0 amide bonds. The van der Waals surface area contributed by atoms with Crippen LogP contribution in [0.15, 0.2) is 52.2 Å². The molecule has 0 N–H and O–H groups in total. The number of carbonyl (C=O) groups excluding carboxylic acids is 1. The second-order valence-corrected chi connectivity index (χ2v) is 3.74. The van der Waals surface area contributed by atoms with Gasteiger partial charge in [0.15, 0.2) is 5.78 Å². The summed E-state index contributed by atoms with van der Waals surface area (Å²) >= 11 is 0. The first-order valence-electron chi connectivity index (χ1n) is 5.39. The van der Waals surface area contributed by atoms with Crippen LogP contribution in [0.1, 0.15) is 23.2 Å². The summed E-state index contributed by atoms with van der Waals surface area (Å²) in [5.74, 6) is -0.204. The molecule has 1 aromatic heterocycles. The van der Waals surface area contributed by atoms with Gasteiger partial charge in [-0.2, -0.15) is 0 Å². The molecule has 3 heteroatoms. The fourth-order valence-electron chi connectivity index (χ4n) is 1.62. The third-order valence-corrected chi connectivity index (χ3v) is 2.52. The number of hydrogen-bond donors (Lipinski definition) is 0. The molecule has 0 spiro atoms. The van der Waals surface area contributed by atoms with Gasteiger partial charge in [0.1, 0.15) is 11.1 Å². The van der Waals surface area contributed by atoms with Crippen molar-refractivity contribution in [2.75, 3.05) is 0 Å². The van der Waals surface area contributed by atoms with E-state index in [9.17, 15) is 9.59 Å². The Balaban J connectivity index is 2.47. The first-order chi connectivity index (χ1) is 8.22. The lowest BCUT2D eigenvalue weighted by molar-refractivity contribution is 0.0980. The van der Waals surface area contributed by atoms with Gasteiger partial charge in [0.25, 0.3) is 0 Å². The van der Waals surface area contributed by atoms with Gasteiger partial charge in [-0.1, -0.05) is 24.3 Å². The van der Waals surface area contributed by atoms with Gasteiger partial charge in [-0.15, -0.1) is 6.58 Å². The van der Waals surface area contributed by atoms with E-state index in [0.29, 0.717) is 12.0 Å². The summed E-state index contributed by atoms with van der Waals surface area (Å²) in [5, 5.41) is 0.758. The smallest absolute Gasteiger partial charge is 0.347 e. The molecule has 0 radical (unpaired) electrons. The lowest BCUT2D eigenvalue weighted by atomic mass is 10.1. The average Bonchev–Trinajstić information content (AvgIpc) is 2.35. The monoisotopic (exact) mass is 228 g/mol. The van der Waals surface area contributed by atoms with E-state index in [0.717, 1.165) is 5.39 Å². The van der Waals surface area contributed by atoms with Crippen molar-refractivity contribution >= 4 is 16.8 Å². The second-order valence-electron chi connectivity index (χ2n) is 3.74. The number of rotatable bonds is 4. The molecule has 0 aliphatic carbocycles. The van der Waals surface area contributed by atoms with Gasteiger partial charge < -0.3 is 4.42 Å². The van der Waals surface area contributed by atoms with E-state index in [1.807, 2.05) is 12.1 Å². The normalized spacial score (nSPS) is 10.4. The van der Waals surface area contributed by atoms with E-state index in [-0.39, 0.29) is 17.8 Å². The van der Waals surface area contributed by atoms with Gasteiger partial charge in [-0.05, 0) is 18.6 Å². The van der Waals surface area contributed by atoms with Crippen molar-refractivity contribution in [3.63, 3.8) is 0 Å². The molecule has 86 valence electrons. The minimum Gasteiger partial charge on any atom is -0.422 e. The number of hydrogen-bond acceptors (Lipinski definition) is 3. The van der Waals surface area contributed by atoms with E-state index in [1.54, 1.807) is 24.3 Å². The Morgan fingerprint density at radius 1 is 1.35 bits per heavy atom. The molecule has 2 aromatic rings. The lowest BCUT2D eigenvalue weighted by Crippen LogP contribution is -2.13. The highest BCUT2D eigenvalue weighted by Crippen LogP contribution is 2.13. The van der Waals surface area contributed by atoms with Crippen LogP contribution in [0.3, 0.4) is 0 Å². The predicted octanol–water partition coefficient (Wildman–Crippen LogP) is 2.94. The second kappa shape index (κ2) is 4.78. The number of fused-ring (bicyclic) bond motifs is 1. The standard InChI is InChI=1S/C14H12O3/c1-2-3-7-12(15)11-9-10-6-4-5-8-13(10)17-14(11)16/h2,4-6,8-9H,1,3,7H2. The molecule has 0 fully saturated rings. The third kappa shape index (κ3) is 2.33. The third-order valence-electron chi connectivity index (χ3n) is 2.52. The highest BCUT2D eigenvalue weighted by Gasteiger charge is 2.12. The van der Waals surface area contributed by atoms with Crippen LogP contribution in [0.25, 0.3) is 11.0 Å². The molecule has 0 bridgehead atoms. The highest BCUT2D eigenvalue weighted by atomic mass is 16.4. The maximum absolute atomic E-state index is 11.8. The van der Waals surface area contributed by atoms with Gasteiger partial charge in [0.2, 0.25) is 0 Å². The zero-order valence-corrected chi connectivity index (χ0v) is 9.31. The molecule has 3 nitrogen and oxygen atoms in total. The molecule has 0 saturated carbocycles. The SMILES string of the molecule is C=CCCC(=O)c1cc2ccccc2oc1=O. The Bertz CT molecular complexity index is 623. The van der Waals surface area contributed by atoms with Gasteiger partial charge in [0, 0.05) is 11.8 Å². The van der Waals surface area contributed by atoms with E-state index in [1.165, 1.54) is 0 Å². The van der Waals surface area contributed by atoms with Gasteiger partial charge in [-0.25, -0.2) is 4.79 Å². The van der Waals surface area contributed by atoms with Crippen LogP contribution in [0.5, 0.6) is 0 Å². The maximum Gasteiger partial charge on any atom is 0.347 e. The summed E-state index contributed by atoms with van der Waals surface area (Å²) in [7, 11) is 0. The van der Waals surface area contributed by atoms with Crippen LogP contribution in [0.2, 0.25) is 0 Å². The molecule has 0 saturated heterocycles. The number of ketones is 1. The van der Waals surface area contributed by atoms with Crippen molar-refractivity contribution < 1.29 is 9.21 Å². The van der Waals surface area contributed by atoms with Crippen molar-refractivity contribution in [1.82, 2.24) is 0 Å². The minimum atomic E-state index is -0.572. The lowest BCUT2D eigenvalue weighted by Gasteiger charge is -2.00. The number of allylic oxidation sites excluding steroid dienone is 1. The molecular weight excluding hydrogens is 216 g/mol. The van der Waals surface area contributed by atoms with E-state index >= 15 is 0 Å². The summed E-state index contributed by atoms with van der Waals surface area (Å²) in [5.41, 5.74) is 0.0427. The molecule has 0 atom stereocenters. The Morgan fingerprint density at radius 3 is 2.88 bits per heavy atom. The van der Waals surface area contributed by atoms with Crippen molar-refractivity contribution in [3.8, 4) is 0 Å². The highest BCUT2D eigenvalue weighted by molar-refractivity contribution is 5.98. The first-order valence-corrected chi connectivity index (χ1v) is 5.39. The number of benzene rings is 1. The summed E-state index contributed by atoms with van der Waals surface area (Å²) in [6, 6.07) is 8.72. The van der Waals surface area contributed by atoms with E-state index in [2.05, 4.69) is 6.58 Å². The van der Waals surface area contributed by atoms with Crippen LogP contribution in [-0.2, 0) is 0 Å². The van der Waals surface area contributed by atoms with Crippen molar-refractivity contribution in [1.29, 1.82) is 0 Å². The Morgan fingerprint density at radius 2 is 2.12 bits per heavy atom. The van der Waals surface area contributed by atoms with Crippen LogP contribution in [-0.4, -0.2) is 5.78 Å². The molecule has 0 unspecified atom stereocenters. The topological polar surface area (TPSA) is 47.3 Å². The Kier molecular flexibility index (Phi) is 3.19. The van der Waals surface area contributed by atoms with Gasteiger partial charge in [-0.3, -0.25) is 4.79 Å². The fourth-order valence-corrected chi connectivity index (χ4v) is 1.62. The molecule has 17 heavy (non-hydrogen) atoms. The van der Waals surface area contributed by atoms with Gasteiger partial charge in [0.05, 0.1) is 0 Å². The Hall–Kier alpha value is -2.16. The summed E-state index contributed by atoms with van der Waals surface area (Å²) in [6.07, 6.45) is 2.50. The minimum absolute atomic E-state index is 0.116. The maximum atomic E-state index is 11.8. The molecule has 0 aliphatic rings. The van der Waals surface area contributed by atoms with Crippen LogP contribution >= 0.6 is 0 Å². The zero-order valence-electron chi connectivity index (χ0n) is 9.31. The van der Waals surface area contributed by atoms with Gasteiger partial charge >= 0.3 is 5.63 Å². The van der Waals surface area contributed by atoms with E-state index < -0.39 is 5.63 Å². The van der Waals surface area contributed by atoms with Crippen LogP contribution in [0.4, 0.5) is 0 Å². The molecule has 1 aromatic carbocycles. The van der Waals surface area contributed by atoms with Crippen molar-refractivity contribution in [2.45, 2.75) is 12.8 Å². The summed E-state index contributed by atoms with van der Waals surface area (Å²) in [6.45, 7) is 3.54. The molecule has 0 aliphatic heterocycles. The zero-order chi connectivity index (χ0) is 12.3. The van der Waals surface area contributed by atoms with Crippen LogP contribution < -0.4 is 5.63 Å². The fraction of sp³-hybridized carbons (Fsp3) is 0.143. The Labute approximate surface area is 98.4 Å². The number of carbonyl (C=O) groups is 1. The van der Waals surface area contributed by atoms with Crippen molar-refractivity contribution in [2.24, 2.45) is 0 Å². The summed E-state index contributed by atoms with van der Waals surface area (Å²) < 4.78 is 5.09. The predicted molar refractivity (Wildman–Crippen MR) is 66.2 cm³/mol. The quantitative estimate of drug-likeness (QED) is 0.459.